The fourth-order valence-corrected chi connectivity index (χ4v) is 5.20. The van der Waals surface area contributed by atoms with Crippen LogP contribution in [0, 0.1) is 0 Å². The molecule has 1 aromatic carbocycles. The number of amides is 1. The fraction of sp³-hybridized carbons (Fsp3) is 0.286. The molecule has 116 valence electrons. The Labute approximate surface area is 132 Å². The Hall–Kier alpha value is -1.86. The lowest BCUT2D eigenvalue weighted by atomic mass is 10.1. The molecule has 0 radical (unpaired) electrons. The molecule has 6 nitrogen and oxygen atoms in total. The second kappa shape index (κ2) is 5.10. The summed E-state index contributed by atoms with van der Waals surface area (Å²) in [6.45, 7) is 1.49. The second-order valence-corrected chi connectivity index (χ2v) is 7.71. The summed E-state index contributed by atoms with van der Waals surface area (Å²) in [5.74, 6) is -1.37. The van der Waals surface area contributed by atoms with Gasteiger partial charge >= 0.3 is 5.97 Å². The first-order valence-electron chi connectivity index (χ1n) is 6.48. The molecule has 2 aliphatic rings. The Morgan fingerprint density at radius 2 is 1.95 bits per heavy atom. The van der Waals surface area contributed by atoms with E-state index in [-0.39, 0.29) is 17.0 Å². The minimum atomic E-state index is -3.59. The molecule has 22 heavy (non-hydrogen) atoms. The smallest absolute Gasteiger partial charge is 0.360 e. The van der Waals surface area contributed by atoms with E-state index in [4.69, 9.17) is 16.3 Å². The van der Waals surface area contributed by atoms with Crippen LogP contribution in [0.15, 0.2) is 41.6 Å². The number of fused-ring (bicyclic) bond motifs is 1. The molecule has 1 amide bonds. The van der Waals surface area contributed by atoms with Gasteiger partial charge in [-0.05, 0) is 24.6 Å². The summed E-state index contributed by atoms with van der Waals surface area (Å²) in [5, 5.41) is -2.35. The summed E-state index contributed by atoms with van der Waals surface area (Å²) in [6.07, 6.45) is 0. The maximum absolute atomic E-state index is 12.3. The monoisotopic (exact) mass is 341 g/mol. The van der Waals surface area contributed by atoms with Crippen LogP contribution in [0.2, 0.25) is 0 Å². The third-order valence-corrected chi connectivity index (χ3v) is 6.19. The van der Waals surface area contributed by atoms with E-state index in [2.05, 4.69) is 0 Å². The molecule has 8 heteroatoms. The fourth-order valence-electron chi connectivity index (χ4n) is 2.59. The lowest BCUT2D eigenvalue weighted by Gasteiger charge is -2.46. The summed E-state index contributed by atoms with van der Waals surface area (Å²) < 4.78 is 29.3. The highest BCUT2D eigenvalue weighted by Crippen LogP contribution is 2.39. The van der Waals surface area contributed by atoms with Gasteiger partial charge in [-0.2, -0.15) is 0 Å². The van der Waals surface area contributed by atoms with Crippen molar-refractivity contribution in [1.82, 2.24) is 4.90 Å². The van der Waals surface area contributed by atoms with Gasteiger partial charge in [-0.3, -0.25) is 9.69 Å². The lowest BCUT2D eigenvalue weighted by Crippen LogP contribution is -2.68. The Morgan fingerprint density at radius 1 is 1.32 bits per heavy atom. The molecule has 1 fully saturated rings. The molecule has 2 aliphatic heterocycles. The van der Waals surface area contributed by atoms with E-state index in [1.54, 1.807) is 30.3 Å². The normalized spacial score (nSPS) is 26.3. The lowest BCUT2D eigenvalue weighted by molar-refractivity contribution is -0.144. The molecule has 0 N–H and O–H groups in total. The minimum absolute atomic E-state index is 0.0365. The van der Waals surface area contributed by atoms with E-state index in [1.807, 2.05) is 0 Å². The van der Waals surface area contributed by atoms with Crippen molar-refractivity contribution < 1.29 is 22.7 Å². The molecule has 0 bridgehead atoms. The zero-order valence-corrected chi connectivity index (χ0v) is 13.1. The van der Waals surface area contributed by atoms with Gasteiger partial charge in [0.1, 0.15) is 16.8 Å². The van der Waals surface area contributed by atoms with Crippen molar-refractivity contribution in [3.63, 3.8) is 0 Å². The number of nitrogens with zero attached hydrogens (tertiary/aromatic N) is 1. The summed E-state index contributed by atoms with van der Waals surface area (Å²) in [6, 6.07) is 8.34. The predicted molar refractivity (Wildman–Crippen MR) is 78.8 cm³/mol. The van der Waals surface area contributed by atoms with Crippen molar-refractivity contribution in [3.05, 3.63) is 41.6 Å². The molecule has 2 heterocycles. The van der Waals surface area contributed by atoms with Crippen LogP contribution in [-0.4, -0.2) is 41.7 Å². The van der Waals surface area contributed by atoms with Gasteiger partial charge in [-0.1, -0.05) is 18.2 Å². The summed E-state index contributed by atoms with van der Waals surface area (Å²) in [4.78, 5) is 25.1. The van der Waals surface area contributed by atoms with Crippen LogP contribution >= 0.6 is 11.6 Å². The summed E-state index contributed by atoms with van der Waals surface area (Å²) in [7, 11) is -3.59. The Balaban J connectivity index is 1.95. The third-order valence-electron chi connectivity index (χ3n) is 3.56. The maximum Gasteiger partial charge on any atom is 0.360 e. The number of ether oxygens (including phenoxy) is 1. The Kier molecular flexibility index (Phi) is 3.49. The molecule has 0 aliphatic carbocycles. The molecule has 2 atom stereocenters. The van der Waals surface area contributed by atoms with Crippen molar-refractivity contribution in [3.8, 4) is 5.75 Å². The van der Waals surface area contributed by atoms with Gasteiger partial charge in [-0.15, -0.1) is 11.6 Å². The van der Waals surface area contributed by atoms with Crippen molar-refractivity contribution in [2.45, 2.75) is 17.7 Å². The van der Waals surface area contributed by atoms with Crippen molar-refractivity contribution in [2.24, 2.45) is 0 Å². The number of carbonyl (C=O) groups is 2. The van der Waals surface area contributed by atoms with E-state index in [1.165, 1.54) is 6.92 Å². The first kappa shape index (κ1) is 15.1. The number of rotatable bonds is 2. The number of para-hydroxylation sites is 1. The van der Waals surface area contributed by atoms with Gasteiger partial charge in [0.2, 0.25) is 5.91 Å². The SMILES string of the molecule is CC1=C(C(=O)Oc2ccccc2)N2C(=O)[C@H](Cl)[C@H]2S(=O)(=O)C1. The first-order valence-corrected chi connectivity index (χ1v) is 8.64. The van der Waals surface area contributed by atoms with Crippen molar-refractivity contribution >= 4 is 33.3 Å². The number of esters is 1. The van der Waals surface area contributed by atoms with E-state index >= 15 is 0 Å². The molecule has 0 saturated carbocycles. The molecule has 0 aromatic heterocycles. The molecule has 3 rings (SSSR count). The quantitative estimate of drug-likeness (QED) is 0.348. The van der Waals surface area contributed by atoms with Gasteiger partial charge in [0.15, 0.2) is 15.2 Å². The van der Waals surface area contributed by atoms with Crippen LogP contribution in [0.4, 0.5) is 0 Å². The van der Waals surface area contributed by atoms with Gasteiger partial charge in [0.05, 0.1) is 5.75 Å². The van der Waals surface area contributed by atoms with E-state index < -0.39 is 32.5 Å². The topological polar surface area (TPSA) is 80.8 Å². The molecule has 1 aromatic rings. The van der Waals surface area contributed by atoms with Crippen LogP contribution in [0.3, 0.4) is 0 Å². The maximum atomic E-state index is 12.3. The van der Waals surface area contributed by atoms with Gasteiger partial charge in [0.25, 0.3) is 0 Å². The molecular weight excluding hydrogens is 330 g/mol. The molecule has 1 saturated heterocycles. The number of alkyl halides is 1. The largest absolute Gasteiger partial charge is 0.422 e. The average Bonchev–Trinajstić information content (AvgIpc) is 2.45. The summed E-state index contributed by atoms with van der Waals surface area (Å²) in [5.41, 5.74) is 0.236. The van der Waals surface area contributed by atoms with E-state index in [9.17, 15) is 18.0 Å². The van der Waals surface area contributed by atoms with Crippen LogP contribution in [-0.2, 0) is 19.4 Å². The first-order chi connectivity index (χ1) is 10.3. The Morgan fingerprint density at radius 3 is 2.59 bits per heavy atom. The number of sulfone groups is 1. The third kappa shape index (κ3) is 2.21. The van der Waals surface area contributed by atoms with Crippen LogP contribution in [0.25, 0.3) is 0 Å². The molecular formula is C14H12ClNO5S. The number of carbonyl (C=O) groups excluding carboxylic acids is 2. The number of hydrogen-bond donors (Lipinski definition) is 0. The number of benzene rings is 1. The number of hydrogen-bond acceptors (Lipinski definition) is 5. The van der Waals surface area contributed by atoms with Crippen LogP contribution < -0.4 is 4.74 Å². The molecule has 0 unspecified atom stereocenters. The van der Waals surface area contributed by atoms with Gasteiger partial charge in [0, 0.05) is 0 Å². The molecule has 0 spiro atoms. The average molecular weight is 342 g/mol. The van der Waals surface area contributed by atoms with Gasteiger partial charge in [-0.25, -0.2) is 13.2 Å². The number of halogens is 1. The highest BCUT2D eigenvalue weighted by atomic mass is 35.5. The highest BCUT2D eigenvalue weighted by Gasteiger charge is 2.59. The zero-order valence-electron chi connectivity index (χ0n) is 11.5. The van der Waals surface area contributed by atoms with Crippen molar-refractivity contribution in [2.75, 3.05) is 5.75 Å². The van der Waals surface area contributed by atoms with Gasteiger partial charge < -0.3 is 4.74 Å². The van der Waals surface area contributed by atoms with E-state index in [0.717, 1.165) is 4.90 Å². The highest BCUT2D eigenvalue weighted by molar-refractivity contribution is 7.92. The summed E-state index contributed by atoms with van der Waals surface area (Å²) >= 11 is 5.79. The van der Waals surface area contributed by atoms with E-state index in [0.29, 0.717) is 5.75 Å². The van der Waals surface area contributed by atoms with Crippen molar-refractivity contribution in [1.29, 1.82) is 0 Å². The standard InChI is InChI=1S/C14H12ClNO5S/c1-8-7-22(19,20)13-10(15)12(17)16(13)11(8)14(18)21-9-5-3-2-4-6-9/h2-6,10,13H,7H2,1H3/t10-,13+/m0/s1. The predicted octanol–water partition coefficient (Wildman–Crippen LogP) is 1.07. The zero-order chi connectivity index (χ0) is 16.1. The van der Waals surface area contributed by atoms with Crippen LogP contribution in [0.1, 0.15) is 6.92 Å². The van der Waals surface area contributed by atoms with Crippen LogP contribution in [0.5, 0.6) is 5.75 Å². The Bertz CT molecular complexity index is 787. The second-order valence-electron chi connectivity index (χ2n) is 5.14. The number of β-lactam (4-membered cyclic amide) rings is 1. The minimum Gasteiger partial charge on any atom is -0.422 e.